The monoisotopic (exact) mass is 169 g/mol. The highest BCUT2D eigenvalue weighted by Crippen LogP contribution is 1.83. The third-order valence-corrected chi connectivity index (χ3v) is 1.36. The fourth-order valence-corrected chi connectivity index (χ4v) is 0.750. The normalized spacial score (nSPS) is 10.0. The van der Waals surface area contributed by atoms with Gasteiger partial charge in [0.05, 0.1) is 24.2 Å². The zero-order valence-electron chi connectivity index (χ0n) is 6.62. The molecule has 2 N–H and O–H groups in total. The van der Waals surface area contributed by atoms with Crippen LogP contribution in [0.4, 0.5) is 0 Å². The first-order chi connectivity index (χ1) is 4.47. The third-order valence-electron chi connectivity index (χ3n) is 0.454. The van der Waals surface area contributed by atoms with Crippen LogP contribution in [0, 0.1) is 0 Å². The van der Waals surface area contributed by atoms with Crippen molar-refractivity contribution in [3.8, 4) is 0 Å². The van der Waals surface area contributed by atoms with E-state index in [1.165, 1.54) is 0 Å². The van der Waals surface area contributed by atoms with Gasteiger partial charge in [0.1, 0.15) is 0 Å². The van der Waals surface area contributed by atoms with Crippen LogP contribution in [0.15, 0.2) is 0 Å². The van der Waals surface area contributed by atoms with Crippen LogP contribution in [0.5, 0.6) is 0 Å². The fourth-order valence-electron chi connectivity index (χ4n) is 0.250. The molecule has 5 heteroatoms. The minimum absolute atomic E-state index is 0.243. The summed E-state index contributed by atoms with van der Waals surface area (Å²) in [6.07, 6.45) is 0.409. The van der Waals surface area contributed by atoms with Gasteiger partial charge < -0.3 is 9.87 Å². The summed E-state index contributed by atoms with van der Waals surface area (Å²) in [6, 6.07) is 0. The summed E-state index contributed by atoms with van der Waals surface area (Å²) in [6.45, 7) is 1.65. The van der Waals surface area contributed by atoms with Gasteiger partial charge in [0, 0.05) is 5.75 Å². The lowest BCUT2D eigenvalue weighted by molar-refractivity contribution is -0.597. The minimum Gasteiger partial charge on any atom is -0.748 e. The molecule has 0 aliphatic heterocycles. The molecule has 0 aliphatic rings. The summed E-state index contributed by atoms with van der Waals surface area (Å²) in [5.74, 6) is -0.243. The van der Waals surface area contributed by atoms with Gasteiger partial charge in [0.25, 0.3) is 0 Å². The van der Waals surface area contributed by atoms with Crippen molar-refractivity contribution in [3.63, 3.8) is 0 Å². The van der Waals surface area contributed by atoms with Crippen molar-refractivity contribution in [2.45, 2.75) is 13.3 Å². The molecule has 4 nitrogen and oxygen atoms in total. The van der Waals surface area contributed by atoms with Crippen molar-refractivity contribution >= 4 is 10.1 Å². The van der Waals surface area contributed by atoms with Crippen LogP contribution in [0.3, 0.4) is 0 Å². The summed E-state index contributed by atoms with van der Waals surface area (Å²) >= 11 is 0. The van der Waals surface area contributed by atoms with Crippen LogP contribution in [0.1, 0.15) is 13.3 Å². The number of nitrogens with two attached hydrogens (primary N) is 1. The van der Waals surface area contributed by atoms with Gasteiger partial charge in [-0.1, -0.05) is 6.92 Å². The lowest BCUT2D eigenvalue weighted by Gasteiger charge is -2.00. The van der Waals surface area contributed by atoms with E-state index in [0.29, 0.717) is 6.42 Å². The largest absolute Gasteiger partial charge is 0.748 e. The first-order valence-corrected chi connectivity index (χ1v) is 4.73. The Morgan fingerprint density at radius 2 is 1.70 bits per heavy atom. The van der Waals surface area contributed by atoms with Crippen LogP contribution in [0.25, 0.3) is 0 Å². The molecular weight excluding hydrogens is 154 g/mol. The van der Waals surface area contributed by atoms with Crippen LogP contribution in [-0.4, -0.2) is 32.8 Å². The Hall–Kier alpha value is -0.130. The molecule has 0 spiro atoms. The van der Waals surface area contributed by atoms with E-state index in [4.69, 9.17) is 0 Å². The van der Waals surface area contributed by atoms with E-state index >= 15 is 0 Å². The fraction of sp³-hybridized carbons (Fsp3) is 1.00. The lowest BCUT2D eigenvalue weighted by atomic mass is 10.6. The summed E-state index contributed by atoms with van der Waals surface area (Å²) in [4.78, 5) is 0. The van der Waals surface area contributed by atoms with Gasteiger partial charge in [-0.05, 0) is 6.42 Å². The van der Waals surface area contributed by atoms with Crippen LogP contribution >= 0.6 is 0 Å². The van der Waals surface area contributed by atoms with E-state index in [9.17, 15) is 13.0 Å². The first-order valence-electron chi connectivity index (χ1n) is 3.15. The maximum Gasteiger partial charge on any atom is 0.0945 e. The van der Waals surface area contributed by atoms with E-state index in [1.807, 2.05) is 19.4 Å². The molecule has 0 fully saturated rings. The van der Waals surface area contributed by atoms with E-state index in [1.54, 1.807) is 6.92 Å². The molecule has 0 unspecified atom stereocenters. The summed E-state index contributed by atoms with van der Waals surface area (Å²) in [5.41, 5.74) is 0. The highest BCUT2D eigenvalue weighted by molar-refractivity contribution is 7.85. The average Bonchev–Trinajstić information content (AvgIpc) is 1.63. The van der Waals surface area contributed by atoms with Gasteiger partial charge in [0.15, 0.2) is 0 Å². The van der Waals surface area contributed by atoms with Crippen molar-refractivity contribution in [2.24, 2.45) is 0 Å². The van der Waals surface area contributed by atoms with Gasteiger partial charge in [-0.3, -0.25) is 0 Å². The number of rotatable bonds is 2. The Balaban J connectivity index is 0. The molecule has 0 amide bonds. The lowest BCUT2D eigenvalue weighted by Crippen LogP contribution is -2.74. The van der Waals surface area contributed by atoms with Gasteiger partial charge in [-0.15, -0.1) is 0 Å². The molecule has 0 aromatic heterocycles. The second-order valence-corrected chi connectivity index (χ2v) is 3.36. The third kappa shape index (κ3) is 24.8. The van der Waals surface area contributed by atoms with Crippen molar-refractivity contribution in [2.75, 3.05) is 19.8 Å². The number of quaternary nitrogens is 1. The average molecular weight is 169 g/mol. The molecule has 0 aromatic carbocycles. The van der Waals surface area contributed by atoms with E-state index in [0.717, 1.165) is 0 Å². The molecule has 0 rings (SSSR count). The zero-order chi connectivity index (χ0) is 8.62. The standard InChI is InChI=1S/C3H8O3S.C2H7N/c1-2-3-7(4,5)6;1-3-2/h2-3H2,1H3,(H,4,5,6);3H,1-2H3. The molecular formula is C5H15NO3S. The van der Waals surface area contributed by atoms with Crippen molar-refractivity contribution in [1.29, 1.82) is 0 Å². The van der Waals surface area contributed by atoms with Gasteiger partial charge in [-0.25, -0.2) is 8.42 Å². The quantitative estimate of drug-likeness (QED) is 0.525. The predicted octanol–water partition coefficient (Wildman–Crippen LogP) is -1.25. The topological polar surface area (TPSA) is 73.8 Å². The molecule has 64 valence electrons. The molecule has 0 heterocycles. The molecule has 10 heavy (non-hydrogen) atoms. The first kappa shape index (κ1) is 12.5. The molecule has 0 atom stereocenters. The Morgan fingerprint density at radius 1 is 1.40 bits per heavy atom. The number of hydrogen-bond donors (Lipinski definition) is 1. The Bertz CT molecular complexity index is 141. The zero-order valence-corrected chi connectivity index (χ0v) is 7.44. The molecule has 0 radical (unpaired) electrons. The predicted molar refractivity (Wildman–Crippen MR) is 38.6 cm³/mol. The molecule has 0 bridgehead atoms. The van der Waals surface area contributed by atoms with Gasteiger partial charge in [-0.2, -0.15) is 0 Å². The van der Waals surface area contributed by atoms with Gasteiger partial charge >= 0.3 is 0 Å². The maximum absolute atomic E-state index is 9.68. The summed E-state index contributed by atoms with van der Waals surface area (Å²) in [5, 5.41) is 2.00. The minimum atomic E-state index is -3.92. The van der Waals surface area contributed by atoms with Crippen LogP contribution in [0.2, 0.25) is 0 Å². The van der Waals surface area contributed by atoms with E-state index in [2.05, 4.69) is 0 Å². The Kier molecular flexibility index (Phi) is 8.75. The number of hydrogen-bond acceptors (Lipinski definition) is 3. The van der Waals surface area contributed by atoms with Crippen molar-refractivity contribution < 1.29 is 18.3 Å². The van der Waals surface area contributed by atoms with Crippen molar-refractivity contribution in [3.05, 3.63) is 0 Å². The smallest absolute Gasteiger partial charge is 0.0945 e. The van der Waals surface area contributed by atoms with E-state index in [-0.39, 0.29) is 5.75 Å². The summed E-state index contributed by atoms with van der Waals surface area (Å²) < 4.78 is 29.0. The SMILES string of the molecule is CCCS(=O)(=O)[O-].C[NH2+]C. The molecule has 0 aliphatic carbocycles. The second-order valence-electron chi connectivity index (χ2n) is 1.84. The van der Waals surface area contributed by atoms with Gasteiger partial charge in [0.2, 0.25) is 0 Å². The van der Waals surface area contributed by atoms with E-state index < -0.39 is 10.1 Å². The molecule has 0 aromatic rings. The Morgan fingerprint density at radius 3 is 1.70 bits per heavy atom. The van der Waals surface area contributed by atoms with Crippen LogP contribution < -0.4 is 5.32 Å². The van der Waals surface area contributed by atoms with Crippen molar-refractivity contribution in [1.82, 2.24) is 0 Å². The highest BCUT2D eigenvalue weighted by atomic mass is 32.2. The molecule has 0 saturated heterocycles. The highest BCUT2D eigenvalue weighted by Gasteiger charge is 1.86. The summed E-state index contributed by atoms with van der Waals surface area (Å²) in [7, 11) is 0.0758. The maximum atomic E-state index is 9.68. The van der Waals surface area contributed by atoms with Crippen LogP contribution in [-0.2, 0) is 10.1 Å². The molecule has 0 saturated carbocycles. The Labute approximate surface area is 62.4 Å². The second kappa shape index (κ2) is 6.98.